The van der Waals surface area contributed by atoms with Crippen LogP contribution in [-0.2, 0) is 6.42 Å². The second kappa shape index (κ2) is 7.16. The van der Waals surface area contributed by atoms with Gasteiger partial charge in [-0.15, -0.1) is 11.3 Å². The van der Waals surface area contributed by atoms with Gasteiger partial charge in [0.1, 0.15) is 6.04 Å². The second-order valence-corrected chi connectivity index (χ2v) is 6.70. The summed E-state index contributed by atoms with van der Waals surface area (Å²) in [5.74, 6) is -0.0126. The van der Waals surface area contributed by atoms with E-state index in [0.717, 1.165) is 28.4 Å². The molecule has 0 spiro atoms. The molecule has 124 valence electrons. The Hall–Kier alpha value is -2.16. The molecule has 0 amide bonds. The van der Waals surface area contributed by atoms with Gasteiger partial charge in [-0.3, -0.25) is 0 Å². The van der Waals surface area contributed by atoms with Crippen molar-refractivity contribution in [2.75, 3.05) is 11.5 Å². The number of hydrogen-bond donors (Lipinski definition) is 1. The molecule has 1 fully saturated rings. The summed E-state index contributed by atoms with van der Waals surface area (Å²) in [7, 11) is 0. The molecule has 1 aliphatic rings. The smallest absolute Gasteiger partial charge is 0.186 e. The summed E-state index contributed by atoms with van der Waals surface area (Å²) in [6.45, 7) is 4.06. The third-order valence-electron chi connectivity index (χ3n) is 4.56. The number of hydrogen-bond acceptors (Lipinski definition) is 5. The van der Waals surface area contributed by atoms with Crippen molar-refractivity contribution >= 4 is 22.5 Å². The summed E-state index contributed by atoms with van der Waals surface area (Å²) in [4.78, 5) is 6.58. The Morgan fingerprint density at radius 3 is 2.83 bits per heavy atom. The number of thiazole rings is 1. The molecule has 0 unspecified atom stereocenters. The summed E-state index contributed by atoms with van der Waals surface area (Å²) in [6.07, 6.45) is 4.93. The number of aliphatic hydroxyl groups is 1. The zero-order valence-corrected chi connectivity index (χ0v) is 14.7. The van der Waals surface area contributed by atoms with Gasteiger partial charge in [0.15, 0.2) is 5.13 Å². The molecule has 5 heteroatoms. The number of anilines is 1. The quantitative estimate of drug-likeness (QED) is 0.904. The van der Waals surface area contributed by atoms with Crippen molar-refractivity contribution in [2.45, 2.75) is 38.3 Å². The lowest BCUT2D eigenvalue weighted by molar-refractivity contribution is 0.187. The summed E-state index contributed by atoms with van der Waals surface area (Å²) in [5.41, 5.74) is 3.25. The van der Waals surface area contributed by atoms with Crippen molar-refractivity contribution in [3.05, 3.63) is 52.5 Å². The molecule has 1 aromatic carbocycles. The molecule has 4 nitrogen and oxygen atoms in total. The van der Waals surface area contributed by atoms with Crippen LogP contribution in [0.25, 0.3) is 6.08 Å². The number of aromatic nitrogens is 1. The van der Waals surface area contributed by atoms with Crippen molar-refractivity contribution in [1.82, 2.24) is 4.98 Å². The molecule has 1 aromatic heterocycles. The normalized spacial score (nSPS) is 23.2. The average molecular weight is 339 g/mol. The Morgan fingerprint density at radius 1 is 1.42 bits per heavy atom. The minimum absolute atomic E-state index is 0.00799. The maximum Gasteiger partial charge on any atom is 0.186 e. The summed E-state index contributed by atoms with van der Waals surface area (Å²) in [6, 6.07) is 10.1. The molecular weight excluding hydrogens is 318 g/mol. The maximum atomic E-state index is 9.96. The third-order valence-corrected chi connectivity index (χ3v) is 5.46. The highest BCUT2D eigenvalue weighted by Crippen LogP contribution is 2.45. The van der Waals surface area contributed by atoms with Gasteiger partial charge in [0.05, 0.1) is 24.4 Å². The van der Waals surface area contributed by atoms with E-state index in [1.807, 2.05) is 35.4 Å². The van der Waals surface area contributed by atoms with E-state index in [-0.39, 0.29) is 24.6 Å². The molecule has 0 bridgehead atoms. The van der Waals surface area contributed by atoms with Crippen LogP contribution in [0.2, 0.25) is 0 Å². The molecule has 1 saturated heterocycles. The van der Waals surface area contributed by atoms with E-state index in [9.17, 15) is 10.4 Å². The van der Waals surface area contributed by atoms with E-state index < -0.39 is 0 Å². The van der Waals surface area contributed by atoms with Crippen LogP contribution in [0.15, 0.2) is 35.7 Å². The summed E-state index contributed by atoms with van der Waals surface area (Å²) >= 11 is 1.55. The van der Waals surface area contributed by atoms with Gasteiger partial charge in [-0.2, -0.15) is 5.26 Å². The summed E-state index contributed by atoms with van der Waals surface area (Å²) < 4.78 is 0. The van der Waals surface area contributed by atoms with Crippen LogP contribution in [0.3, 0.4) is 0 Å². The van der Waals surface area contributed by atoms with Crippen molar-refractivity contribution in [3.63, 3.8) is 0 Å². The molecule has 1 N–H and O–H groups in total. The number of nitrogens with zero attached hydrogens (tertiary/aromatic N) is 3. The van der Waals surface area contributed by atoms with E-state index in [0.29, 0.717) is 0 Å². The molecule has 24 heavy (non-hydrogen) atoms. The van der Waals surface area contributed by atoms with Crippen LogP contribution >= 0.6 is 11.3 Å². The number of rotatable bonds is 5. The Bertz CT molecular complexity index is 777. The van der Waals surface area contributed by atoms with Gasteiger partial charge in [0.25, 0.3) is 0 Å². The van der Waals surface area contributed by atoms with E-state index >= 15 is 0 Å². The highest BCUT2D eigenvalue weighted by Gasteiger charge is 2.50. The van der Waals surface area contributed by atoms with Crippen LogP contribution in [0.1, 0.15) is 36.6 Å². The lowest BCUT2D eigenvalue weighted by Crippen LogP contribution is -2.63. The number of nitriles is 1. The first kappa shape index (κ1) is 16.7. The van der Waals surface area contributed by atoms with E-state index in [4.69, 9.17) is 0 Å². The van der Waals surface area contributed by atoms with Crippen LogP contribution in [0.4, 0.5) is 5.13 Å². The second-order valence-electron chi connectivity index (χ2n) is 5.86. The van der Waals surface area contributed by atoms with Crippen molar-refractivity contribution in [1.29, 1.82) is 5.26 Å². The predicted molar refractivity (Wildman–Crippen MR) is 98.1 cm³/mol. The minimum atomic E-state index is -0.301. The van der Waals surface area contributed by atoms with Crippen LogP contribution in [0.5, 0.6) is 0 Å². The molecule has 3 rings (SSSR count). The number of allylic oxidation sites excluding steroid dienone is 1. The zero-order valence-electron chi connectivity index (χ0n) is 13.9. The fourth-order valence-corrected chi connectivity index (χ4v) is 4.37. The molecule has 2 heterocycles. The Labute approximate surface area is 146 Å². The molecule has 2 aromatic rings. The molecule has 0 radical (unpaired) electrons. The number of aliphatic hydroxyl groups excluding tert-OH is 1. The average Bonchev–Trinajstić information content (AvgIpc) is 3.05. The van der Waals surface area contributed by atoms with Crippen molar-refractivity contribution in [3.8, 4) is 6.07 Å². The largest absolute Gasteiger partial charge is 0.394 e. The molecule has 0 saturated carbocycles. The standard InChI is InChI=1S/C19H21N3OS/c1-3-7-13-8-5-6-9-15(13)18-16(10-20)22(17(18)11-23)19-21-14(4-2)12-24-19/h3,5-9,12,16-18,23H,4,11H2,1-2H3/b7-3+/t16-,17+,18-/m1/s1. The van der Waals surface area contributed by atoms with E-state index in [1.165, 1.54) is 0 Å². The van der Waals surface area contributed by atoms with Gasteiger partial charge in [-0.25, -0.2) is 4.98 Å². The molecular formula is C19H21N3OS. The minimum Gasteiger partial charge on any atom is -0.394 e. The SMILES string of the molecule is C/C=C/c1ccccc1[C@@H]1[C@@H](C#N)N(c2nc(CC)cs2)[C@H]1CO. The fourth-order valence-electron chi connectivity index (χ4n) is 3.37. The molecule has 0 aliphatic carbocycles. The van der Waals surface area contributed by atoms with Crippen molar-refractivity contribution < 1.29 is 5.11 Å². The fraction of sp³-hybridized carbons (Fsp3) is 0.368. The zero-order chi connectivity index (χ0) is 17.1. The number of aryl methyl sites for hydroxylation is 1. The van der Waals surface area contributed by atoms with Gasteiger partial charge in [-0.1, -0.05) is 43.3 Å². The van der Waals surface area contributed by atoms with Crippen LogP contribution in [0, 0.1) is 11.3 Å². The highest BCUT2D eigenvalue weighted by atomic mass is 32.1. The van der Waals surface area contributed by atoms with Gasteiger partial charge in [-0.05, 0) is 24.5 Å². The third kappa shape index (κ3) is 2.72. The van der Waals surface area contributed by atoms with Gasteiger partial charge >= 0.3 is 0 Å². The lowest BCUT2D eigenvalue weighted by atomic mass is 9.74. The topological polar surface area (TPSA) is 60.2 Å². The van der Waals surface area contributed by atoms with Gasteiger partial charge in [0, 0.05) is 11.3 Å². The van der Waals surface area contributed by atoms with Gasteiger partial charge < -0.3 is 10.0 Å². The predicted octanol–water partition coefficient (Wildman–Crippen LogP) is 3.60. The van der Waals surface area contributed by atoms with Gasteiger partial charge in [0.2, 0.25) is 0 Å². The van der Waals surface area contributed by atoms with Crippen molar-refractivity contribution in [2.24, 2.45) is 0 Å². The lowest BCUT2D eigenvalue weighted by Gasteiger charge is -2.52. The molecule has 3 atom stereocenters. The monoisotopic (exact) mass is 339 g/mol. The van der Waals surface area contributed by atoms with Crippen LogP contribution in [-0.4, -0.2) is 28.8 Å². The Balaban J connectivity index is 1.97. The first-order chi connectivity index (χ1) is 11.7. The first-order valence-electron chi connectivity index (χ1n) is 8.20. The Morgan fingerprint density at radius 2 is 2.21 bits per heavy atom. The Kier molecular flexibility index (Phi) is 4.98. The van der Waals surface area contributed by atoms with E-state index in [1.54, 1.807) is 11.3 Å². The first-order valence-corrected chi connectivity index (χ1v) is 9.07. The van der Waals surface area contributed by atoms with E-state index in [2.05, 4.69) is 36.2 Å². The molecule has 1 aliphatic heterocycles. The van der Waals surface area contributed by atoms with Crippen LogP contribution < -0.4 is 4.90 Å². The number of benzene rings is 1. The maximum absolute atomic E-state index is 9.96. The summed E-state index contributed by atoms with van der Waals surface area (Å²) in [5, 5.41) is 22.5. The highest BCUT2D eigenvalue weighted by molar-refractivity contribution is 7.13.